The molecule has 0 spiro atoms. The first-order chi connectivity index (χ1) is 23.0. The first kappa shape index (κ1) is 43.4. The summed E-state index contributed by atoms with van der Waals surface area (Å²) in [5.41, 5.74) is -4.95. The highest BCUT2D eigenvalue weighted by Crippen LogP contribution is 2.39. The zero-order valence-corrected chi connectivity index (χ0v) is 32.3. The molecule has 7 N–H and O–H groups in total. The normalized spacial score (nSPS) is 51.0. The van der Waals surface area contributed by atoms with Crippen molar-refractivity contribution in [2.24, 2.45) is 17.8 Å². The summed E-state index contributed by atoms with van der Waals surface area (Å²) >= 11 is 0. The Balaban J connectivity index is 2.15. The second-order valence-corrected chi connectivity index (χ2v) is 16.4. The van der Waals surface area contributed by atoms with Crippen LogP contribution in [0.5, 0.6) is 0 Å². The minimum atomic E-state index is -1.81. The smallest absolute Gasteiger partial charge is 0.311 e. The molecule has 0 saturated carbocycles. The monoisotopic (exact) mass is 720 g/mol. The molecule has 8 unspecified atom stereocenters. The summed E-state index contributed by atoms with van der Waals surface area (Å²) in [5.74, 6) is -2.72. The molecule has 0 radical (unpaired) electrons. The van der Waals surface area contributed by atoms with E-state index in [2.05, 4.69) is 5.32 Å². The van der Waals surface area contributed by atoms with Crippen LogP contribution in [-0.2, 0) is 28.5 Å². The summed E-state index contributed by atoms with van der Waals surface area (Å²) < 4.78 is 31.2. The van der Waals surface area contributed by atoms with E-state index < -0.39 is 96.0 Å². The van der Waals surface area contributed by atoms with Gasteiger partial charge in [0.15, 0.2) is 12.6 Å². The lowest BCUT2D eigenvalue weighted by atomic mass is 9.77. The molecule has 0 aromatic carbocycles. The lowest BCUT2D eigenvalue weighted by Gasteiger charge is -2.48. The second-order valence-electron chi connectivity index (χ2n) is 16.4. The standard InChI is InChI=1S/C36H68N2O12/c1-13-25-36(10,45)29(40)22(6)38(12)17-18(2)15-35(9,44)31(50-33-27(39)24(37-11)14-19(3)46-33)20(4)28(21(5)32(42)48-25)49-26-16-34(8,43)30(41)23(7)47-26/h18-31,33,37,39-41,43-45H,13-17H2,1-12H3/t18-,19?,20+,21-,22-,23?,24?,25-,26?,27?,28+,29-,30?,31-,33?,34?,35-,36-/m1/s1. The number of nitrogens with zero attached hydrogens (tertiary/aromatic N) is 1. The molecule has 50 heavy (non-hydrogen) atoms. The molecular weight excluding hydrogens is 652 g/mol. The van der Waals surface area contributed by atoms with Crippen molar-refractivity contribution in [2.75, 3.05) is 20.6 Å². The molecule has 14 heteroatoms. The van der Waals surface area contributed by atoms with Crippen molar-refractivity contribution in [1.29, 1.82) is 0 Å². The average molecular weight is 721 g/mol. The highest BCUT2D eigenvalue weighted by atomic mass is 16.7. The topological polar surface area (TPSA) is 200 Å². The highest BCUT2D eigenvalue weighted by molar-refractivity contribution is 5.73. The van der Waals surface area contributed by atoms with Crippen molar-refractivity contribution in [3.8, 4) is 0 Å². The van der Waals surface area contributed by atoms with Crippen LogP contribution in [-0.4, -0.2) is 152 Å². The third-order valence-corrected chi connectivity index (χ3v) is 11.5. The third-order valence-electron chi connectivity index (χ3n) is 11.5. The summed E-state index contributed by atoms with van der Waals surface area (Å²) in [6, 6.07) is -0.883. The van der Waals surface area contributed by atoms with Crippen molar-refractivity contribution < 1.29 is 59.1 Å². The first-order valence-corrected chi connectivity index (χ1v) is 18.4. The van der Waals surface area contributed by atoms with Crippen LogP contribution in [0.25, 0.3) is 0 Å². The van der Waals surface area contributed by atoms with Crippen LogP contribution in [0.3, 0.4) is 0 Å². The van der Waals surface area contributed by atoms with E-state index in [4.69, 9.17) is 23.7 Å². The van der Waals surface area contributed by atoms with Crippen molar-refractivity contribution in [1.82, 2.24) is 10.2 Å². The van der Waals surface area contributed by atoms with Crippen molar-refractivity contribution in [3.05, 3.63) is 0 Å². The minimum absolute atomic E-state index is 0.114. The second kappa shape index (κ2) is 17.0. The quantitative estimate of drug-likeness (QED) is 0.191. The van der Waals surface area contributed by atoms with Gasteiger partial charge in [-0.15, -0.1) is 0 Å². The van der Waals surface area contributed by atoms with E-state index in [1.807, 2.05) is 25.8 Å². The average Bonchev–Trinajstić information content (AvgIpc) is 3.02. The van der Waals surface area contributed by atoms with Gasteiger partial charge in [0.05, 0.1) is 41.5 Å². The van der Waals surface area contributed by atoms with E-state index in [1.165, 1.54) is 13.8 Å². The fourth-order valence-electron chi connectivity index (χ4n) is 8.35. The maximum Gasteiger partial charge on any atom is 0.311 e. The number of nitrogens with one attached hydrogen (secondary N) is 1. The Bertz CT molecular complexity index is 1090. The Morgan fingerprint density at radius 3 is 2.10 bits per heavy atom. The van der Waals surface area contributed by atoms with Crippen LogP contribution in [0.15, 0.2) is 0 Å². The lowest BCUT2D eigenvalue weighted by molar-refractivity contribution is -0.314. The van der Waals surface area contributed by atoms with Gasteiger partial charge in [0.25, 0.3) is 0 Å². The molecule has 0 aromatic rings. The Labute approximate surface area is 298 Å². The van der Waals surface area contributed by atoms with Gasteiger partial charge in [0, 0.05) is 31.0 Å². The van der Waals surface area contributed by atoms with Crippen LogP contribution in [0.2, 0.25) is 0 Å². The number of aliphatic hydroxyl groups is 6. The molecule has 14 nitrogen and oxygen atoms in total. The van der Waals surface area contributed by atoms with Gasteiger partial charge in [0.1, 0.15) is 30.0 Å². The van der Waals surface area contributed by atoms with Crippen molar-refractivity contribution in [3.63, 3.8) is 0 Å². The maximum atomic E-state index is 14.1. The SMILES string of the molecule is CC[C@H]1OC(=O)[C@H](C)[C@@H](OC2CC(C)(O)C(O)C(C)O2)[C@H](C)[C@@H](OC2OC(C)CC(NC)C2O)[C@](C)(O)C[C@@H](C)CN(C)[C@H](C)[C@@H](O)[C@]1(C)O. The molecule has 0 bridgehead atoms. The lowest BCUT2D eigenvalue weighted by Crippen LogP contribution is -2.60. The minimum Gasteiger partial charge on any atom is -0.459 e. The van der Waals surface area contributed by atoms with Crippen LogP contribution in [0, 0.1) is 17.8 Å². The first-order valence-electron chi connectivity index (χ1n) is 18.4. The molecule has 3 saturated heterocycles. The van der Waals surface area contributed by atoms with Gasteiger partial charge in [-0.2, -0.15) is 0 Å². The van der Waals surface area contributed by atoms with Crippen molar-refractivity contribution in [2.45, 2.75) is 185 Å². The fourth-order valence-corrected chi connectivity index (χ4v) is 8.35. The molecule has 3 fully saturated rings. The van der Waals surface area contributed by atoms with Gasteiger partial charge in [-0.1, -0.05) is 20.8 Å². The summed E-state index contributed by atoms with van der Waals surface area (Å²) in [7, 11) is 3.57. The van der Waals surface area contributed by atoms with E-state index in [9.17, 15) is 35.4 Å². The van der Waals surface area contributed by atoms with E-state index in [1.54, 1.807) is 48.6 Å². The fraction of sp³-hybridized carbons (Fsp3) is 0.972. The molecule has 294 valence electrons. The Morgan fingerprint density at radius 2 is 1.54 bits per heavy atom. The van der Waals surface area contributed by atoms with Crippen LogP contribution < -0.4 is 5.32 Å². The third kappa shape index (κ3) is 9.74. The van der Waals surface area contributed by atoms with E-state index in [0.29, 0.717) is 13.0 Å². The summed E-state index contributed by atoms with van der Waals surface area (Å²) in [4.78, 5) is 16.0. The van der Waals surface area contributed by atoms with Gasteiger partial charge < -0.3 is 64.5 Å². The number of hydrogen-bond acceptors (Lipinski definition) is 14. The maximum absolute atomic E-state index is 14.1. The number of ether oxygens (including phenoxy) is 5. The largest absolute Gasteiger partial charge is 0.459 e. The van der Waals surface area contributed by atoms with Crippen LogP contribution in [0.1, 0.15) is 94.9 Å². The molecule has 3 aliphatic rings. The van der Waals surface area contributed by atoms with E-state index in [0.717, 1.165) is 0 Å². The number of aliphatic hydroxyl groups excluding tert-OH is 3. The van der Waals surface area contributed by atoms with Crippen LogP contribution >= 0.6 is 0 Å². The number of hydrogen-bond donors (Lipinski definition) is 7. The van der Waals surface area contributed by atoms with Gasteiger partial charge in [-0.05, 0) is 87.7 Å². The molecule has 18 atom stereocenters. The molecule has 3 aliphatic heterocycles. The van der Waals surface area contributed by atoms with Crippen molar-refractivity contribution >= 4 is 5.97 Å². The number of cyclic esters (lactones) is 1. The predicted octanol–water partition coefficient (Wildman–Crippen LogP) is 0.904. The summed E-state index contributed by atoms with van der Waals surface area (Å²) in [6.07, 6.45) is -9.20. The number of carbonyl (C=O) groups is 1. The summed E-state index contributed by atoms with van der Waals surface area (Å²) in [6.45, 7) is 17.4. The van der Waals surface area contributed by atoms with Gasteiger partial charge in [-0.25, -0.2) is 0 Å². The molecule has 0 aromatic heterocycles. The van der Waals surface area contributed by atoms with Gasteiger partial charge in [0.2, 0.25) is 0 Å². The van der Waals surface area contributed by atoms with E-state index >= 15 is 0 Å². The van der Waals surface area contributed by atoms with Crippen LogP contribution in [0.4, 0.5) is 0 Å². The molecule has 3 rings (SSSR count). The van der Waals surface area contributed by atoms with Gasteiger partial charge >= 0.3 is 5.97 Å². The highest BCUT2D eigenvalue weighted by Gasteiger charge is 2.52. The molecule has 0 aliphatic carbocycles. The number of likely N-dealkylation sites (N-methyl/N-ethyl adjacent to an activating group) is 2. The zero-order chi connectivity index (χ0) is 38.1. The number of carbonyl (C=O) groups excluding carboxylic acids is 1. The van der Waals surface area contributed by atoms with E-state index in [-0.39, 0.29) is 37.3 Å². The molecule has 0 amide bonds. The Kier molecular flexibility index (Phi) is 14.7. The number of rotatable bonds is 6. The predicted molar refractivity (Wildman–Crippen MR) is 185 cm³/mol. The van der Waals surface area contributed by atoms with Gasteiger partial charge in [-0.3, -0.25) is 4.79 Å². The summed E-state index contributed by atoms with van der Waals surface area (Å²) in [5, 5.41) is 71.5. The molecule has 3 heterocycles. The Hall–Kier alpha value is -1.01. The number of esters is 1. The molecular formula is C36H68N2O12. The Morgan fingerprint density at radius 1 is 0.920 bits per heavy atom. The zero-order valence-electron chi connectivity index (χ0n) is 32.3.